The normalized spacial score (nSPS) is 23.3. The lowest BCUT2D eigenvalue weighted by Gasteiger charge is -2.22. The second kappa shape index (κ2) is 7.47. The van der Waals surface area contributed by atoms with Gasteiger partial charge >= 0.3 is 21.3 Å². The van der Waals surface area contributed by atoms with Crippen molar-refractivity contribution in [1.82, 2.24) is 4.73 Å². The maximum Gasteiger partial charge on any atom is 0.478 e. The van der Waals surface area contributed by atoms with Gasteiger partial charge in [-0.2, -0.15) is 17.2 Å². The predicted molar refractivity (Wildman–Crippen MR) is 105 cm³/mol. The highest BCUT2D eigenvalue weighted by atomic mass is 32.2. The van der Waals surface area contributed by atoms with Crippen LogP contribution in [0.2, 0.25) is 0 Å². The fourth-order valence-electron chi connectivity index (χ4n) is 4.56. The van der Waals surface area contributed by atoms with Crippen molar-refractivity contribution in [2.75, 3.05) is 6.61 Å². The Kier molecular flexibility index (Phi) is 5.19. The van der Waals surface area contributed by atoms with Crippen LogP contribution >= 0.6 is 0 Å². The van der Waals surface area contributed by atoms with Crippen molar-refractivity contribution in [2.45, 2.75) is 37.9 Å². The molecular formula is C20H21F2NO7S. The van der Waals surface area contributed by atoms with Gasteiger partial charge in [-0.1, -0.05) is 28.8 Å². The summed E-state index contributed by atoms with van der Waals surface area (Å²) < 4.78 is 61.7. The first-order valence-corrected chi connectivity index (χ1v) is 11.3. The van der Waals surface area contributed by atoms with Gasteiger partial charge in [0.25, 0.3) is 5.56 Å². The van der Waals surface area contributed by atoms with Crippen LogP contribution in [0.5, 0.6) is 5.88 Å². The Bertz CT molecular complexity index is 1210. The minimum absolute atomic E-state index is 0.0111. The van der Waals surface area contributed by atoms with Gasteiger partial charge in [0.1, 0.15) is 0 Å². The van der Waals surface area contributed by atoms with Crippen LogP contribution in [0.1, 0.15) is 31.2 Å². The summed E-state index contributed by atoms with van der Waals surface area (Å²) in [6.45, 7) is 1.37. The summed E-state index contributed by atoms with van der Waals surface area (Å²) >= 11 is 0. The lowest BCUT2D eigenvalue weighted by atomic mass is 9.90. The number of hydrogen-bond acceptors (Lipinski definition) is 7. The number of pyridine rings is 1. The zero-order valence-electron chi connectivity index (χ0n) is 16.6. The first-order valence-electron chi connectivity index (χ1n) is 9.84. The Morgan fingerprint density at radius 1 is 1.26 bits per heavy atom. The zero-order chi connectivity index (χ0) is 22.6. The number of esters is 1. The van der Waals surface area contributed by atoms with Crippen LogP contribution in [0, 0.1) is 24.7 Å². The molecule has 1 N–H and O–H groups in total. The number of nitrogens with zero attached hydrogens (tertiary/aromatic N) is 1. The van der Waals surface area contributed by atoms with Gasteiger partial charge in [-0.15, -0.1) is 0 Å². The minimum Gasteiger partial charge on any atom is -0.492 e. The maximum atomic E-state index is 14.4. The van der Waals surface area contributed by atoms with E-state index in [1.54, 1.807) is 13.0 Å². The number of aryl methyl sites for hydroxylation is 1. The number of ether oxygens (including phenoxy) is 1. The van der Waals surface area contributed by atoms with E-state index in [1.165, 1.54) is 12.1 Å². The molecule has 2 saturated carbocycles. The van der Waals surface area contributed by atoms with Crippen molar-refractivity contribution in [1.29, 1.82) is 0 Å². The quantitative estimate of drug-likeness (QED) is 0.663. The van der Waals surface area contributed by atoms with Gasteiger partial charge in [-0.05, 0) is 55.4 Å². The lowest BCUT2D eigenvalue weighted by Crippen LogP contribution is -2.46. The van der Waals surface area contributed by atoms with E-state index < -0.39 is 32.8 Å². The molecule has 3 atom stereocenters. The number of alkyl halides is 2. The molecule has 0 aliphatic heterocycles. The fraction of sp³-hybridized carbons (Fsp3) is 0.500. The van der Waals surface area contributed by atoms with Crippen molar-refractivity contribution < 1.29 is 36.1 Å². The van der Waals surface area contributed by atoms with Crippen LogP contribution < -0.4 is 9.84 Å². The van der Waals surface area contributed by atoms with Crippen LogP contribution in [0.15, 0.2) is 29.1 Å². The zero-order valence-corrected chi connectivity index (χ0v) is 17.4. The van der Waals surface area contributed by atoms with Crippen LogP contribution in [0.25, 0.3) is 10.8 Å². The number of hydrogen-bond donors (Lipinski definition) is 1. The average molecular weight is 457 g/mol. The lowest BCUT2D eigenvalue weighted by molar-refractivity contribution is -0.163. The number of rotatable bonds is 6. The summed E-state index contributed by atoms with van der Waals surface area (Å²) in [7, 11) is -6.00. The minimum atomic E-state index is -6.00. The summed E-state index contributed by atoms with van der Waals surface area (Å²) in [4.78, 5) is 24.0. The first kappa shape index (κ1) is 21.5. The van der Waals surface area contributed by atoms with E-state index in [2.05, 4.69) is 9.02 Å². The third-order valence-electron chi connectivity index (χ3n) is 6.16. The Morgan fingerprint density at radius 2 is 2.00 bits per heavy atom. The Balaban J connectivity index is 1.54. The smallest absolute Gasteiger partial charge is 0.478 e. The summed E-state index contributed by atoms with van der Waals surface area (Å²) in [5, 5.41) is 5.43. The van der Waals surface area contributed by atoms with Crippen LogP contribution in [-0.4, -0.2) is 36.1 Å². The van der Waals surface area contributed by atoms with Gasteiger partial charge in [0.2, 0.25) is 5.88 Å². The number of aromatic nitrogens is 1. The number of fused-ring (bicyclic) bond motifs is 3. The summed E-state index contributed by atoms with van der Waals surface area (Å²) in [5.41, 5.74) is -0.547. The summed E-state index contributed by atoms with van der Waals surface area (Å²) in [6.07, 6.45) is 3.72. The monoisotopic (exact) mass is 457 g/mol. The van der Waals surface area contributed by atoms with E-state index in [4.69, 9.17) is 0 Å². The van der Waals surface area contributed by atoms with E-state index in [-0.39, 0.29) is 33.9 Å². The molecule has 2 aromatic rings. The summed E-state index contributed by atoms with van der Waals surface area (Å²) in [6, 6.07) is 5.46. The third kappa shape index (κ3) is 3.75. The topological polar surface area (TPSA) is 112 Å². The second-order valence-electron chi connectivity index (χ2n) is 8.27. The molecule has 0 amide bonds. The fourth-order valence-corrected chi connectivity index (χ4v) is 5.26. The molecule has 11 heteroatoms. The molecular weight excluding hydrogens is 436 g/mol. The molecule has 0 saturated heterocycles. The number of halogens is 2. The van der Waals surface area contributed by atoms with Crippen LogP contribution in [0.3, 0.4) is 0 Å². The van der Waals surface area contributed by atoms with Gasteiger partial charge in [-0.25, -0.2) is 4.79 Å². The molecule has 1 aromatic carbocycles. The molecule has 4 rings (SSSR count). The van der Waals surface area contributed by atoms with E-state index in [1.807, 2.05) is 0 Å². The highest BCUT2D eigenvalue weighted by Gasteiger charge is 2.58. The van der Waals surface area contributed by atoms with E-state index >= 15 is 0 Å². The van der Waals surface area contributed by atoms with Gasteiger partial charge in [-0.3, -0.25) is 9.08 Å². The molecule has 3 unspecified atom stereocenters. The number of carbonyl (C=O) groups is 1. The highest BCUT2D eigenvalue weighted by Crippen LogP contribution is 2.48. The molecule has 1 heterocycles. The largest absolute Gasteiger partial charge is 0.492 e. The van der Waals surface area contributed by atoms with E-state index in [9.17, 15) is 31.9 Å². The molecule has 1 aromatic heterocycles. The van der Waals surface area contributed by atoms with Crippen molar-refractivity contribution in [2.24, 2.45) is 17.8 Å². The number of carbonyl (C=O) groups excluding carboxylic acids is 1. The van der Waals surface area contributed by atoms with E-state index in [0.717, 1.165) is 31.7 Å². The van der Waals surface area contributed by atoms with Gasteiger partial charge in [0, 0.05) is 11.5 Å². The molecule has 2 aliphatic rings. The molecule has 2 fully saturated rings. The number of benzene rings is 1. The first-order chi connectivity index (χ1) is 14.5. The molecule has 0 spiro atoms. The van der Waals surface area contributed by atoms with Gasteiger partial charge in [0.05, 0.1) is 6.61 Å². The third-order valence-corrected chi connectivity index (χ3v) is 7.30. The number of aromatic hydroxyl groups is 1. The molecule has 2 bridgehead atoms. The van der Waals surface area contributed by atoms with Crippen molar-refractivity contribution >= 4 is 26.9 Å². The second-order valence-corrected chi connectivity index (χ2v) is 9.84. The standard InChI is InChI=1S/C20H21F2NO7S/c1-11-2-4-14-9-17(24)23(18(25)16(14)6-11)30-31(27,28)20(21,22)19(26)29-10-15-8-12-3-5-13(15)7-12/h2,4,6,9,12-13,15,25H,3,5,7-8,10H2,1H3. The Hall–Kier alpha value is -2.69. The van der Waals surface area contributed by atoms with E-state index in [0.29, 0.717) is 11.5 Å². The molecule has 31 heavy (non-hydrogen) atoms. The highest BCUT2D eigenvalue weighted by molar-refractivity contribution is 7.88. The van der Waals surface area contributed by atoms with Crippen molar-refractivity contribution in [3.63, 3.8) is 0 Å². The molecule has 0 radical (unpaired) electrons. The Labute approximate surface area is 176 Å². The van der Waals surface area contributed by atoms with Gasteiger partial charge in [0.15, 0.2) is 0 Å². The van der Waals surface area contributed by atoms with Crippen LogP contribution in [0.4, 0.5) is 8.78 Å². The van der Waals surface area contributed by atoms with Gasteiger partial charge < -0.3 is 9.84 Å². The predicted octanol–water partition coefficient (Wildman–Crippen LogP) is 2.35. The molecule has 168 valence electrons. The van der Waals surface area contributed by atoms with Crippen LogP contribution in [-0.2, 0) is 19.6 Å². The Morgan fingerprint density at radius 3 is 2.65 bits per heavy atom. The van der Waals surface area contributed by atoms with Crippen molar-refractivity contribution in [3.8, 4) is 5.88 Å². The SMILES string of the molecule is Cc1ccc2cc(=O)n(OS(=O)(=O)C(F)(F)C(=O)OCC3CC4CCC3C4)c(O)c2c1. The average Bonchev–Trinajstić information content (AvgIpc) is 3.33. The summed E-state index contributed by atoms with van der Waals surface area (Å²) in [5.74, 6) is -2.55. The van der Waals surface area contributed by atoms with Crippen molar-refractivity contribution in [3.05, 3.63) is 40.2 Å². The molecule has 8 nitrogen and oxygen atoms in total. The maximum absolute atomic E-state index is 14.4. The molecule has 2 aliphatic carbocycles.